The summed E-state index contributed by atoms with van der Waals surface area (Å²) in [5.74, 6) is 2.27. The van der Waals surface area contributed by atoms with Crippen LogP contribution in [0, 0.1) is 5.92 Å². The molecule has 3 heterocycles. The van der Waals surface area contributed by atoms with Gasteiger partial charge < -0.3 is 19.9 Å². The van der Waals surface area contributed by atoms with Crippen molar-refractivity contribution in [1.29, 1.82) is 0 Å². The van der Waals surface area contributed by atoms with Crippen LogP contribution in [0.25, 0.3) is 11.0 Å². The van der Waals surface area contributed by atoms with E-state index in [1.807, 2.05) is 36.0 Å². The number of nitrogens with zero attached hydrogens (tertiary/aromatic N) is 6. The highest BCUT2D eigenvalue weighted by atomic mass is 16.5. The molecular formula is C27H37N7O2. The molecule has 36 heavy (non-hydrogen) atoms. The van der Waals surface area contributed by atoms with E-state index in [2.05, 4.69) is 43.2 Å². The number of fused-ring (bicyclic) bond motifs is 1. The first-order valence-corrected chi connectivity index (χ1v) is 13.3. The highest BCUT2D eigenvalue weighted by Crippen LogP contribution is 2.28. The van der Waals surface area contributed by atoms with Crippen molar-refractivity contribution in [2.45, 2.75) is 52.1 Å². The third-order valence-corrected chi connectivity index (χ3v) is 7.41. The highest BCUT2D eigenvalue weighted by molar-refractivity contribution is 5.87. The molecule has 1 aliphatic carbocycles. The second kappa shape index (κ2) is 11.2. The Hall–Kier alpha value is -3.20. The number of benzene rings is 1. The molecule has 1 saturated carbocycles. The summed E-state index contributed by atoms with van der Waals surface area (Å²) in [5.41, 5.74) is 1.93. The second-order valence-corrected chi connectivity index (χ2v) is 9.74. The first-order valence-electron chi connectivity index (χ1n) is 13.3. The lowest BCUT2D eigenvalue weighted by Crippen LogP contribution is -2.51. The van der Waals surface area contributed by atoms with Crippen LogP contribution in [-0.2, 0) is 11.3 Å². The van der Waals surface area contributed by atoms with Crippen LogP contribution in [0.1, 0.15) is 45.1 Å². The Bertz CT molecular complexity index is 1160. The van der Waals surface area contributed by atoms with E-state index in [1.54, 1.807) is 6.33 Å². The molecule has 1 aliphatic heterocycles. The summed E-state index contributed by atoms with van der Waals surface area (Å²) < 4.78 is 7.55. The molecule has 1 aromatic carbocycles. The van der Waals surface area contributed by atoms with E-state index >= 15 is 0 Å². The van der Waals surface area contributed by atoms with Crippen molar-refractivity contribution < 1.29 is 9.53 Å². The van der Waals surface area contributed by atoms with Crippen molar-refractivity contribution in [3.63, 3.8) is 0 Å². The third-order valence-electron chi connectivity index (χ3n) is 7.41. The van der Waals surface area contributed by atoms with Gasteiger partial charge >= 0.3 is 0 Å². The molecule has 1 saturated heterocycles. The molecule has 2 aromatic heterocycles. The molecule has 192 valence electrons. The quantitative estimate of drug-likeness (QED) is 0.518. The molecule has 1 N–H and O–H groups in total. The Morgan fingerprint density at radius 1 is 1.08 bits per heavy atom. The van der Waals surface area contributed by atoms with Crippen LogP contribution in [-0.4, -0.2) is 75.9 Å². The van der Waals surface area contributed by atoms with Gasteiger partial charge in [0.05, 0.1) is 24.7 Å². The van der Waals surface area contributed by atoms with E-state index in [1.165, 1.54) is 0 Å². The number of amides is 1. The van der Waals surface area contributed by atoms with Gasteiger partial charge in [-0.25, -0.2) is 14.6 Å². The number of aromatic nitrogens is 4. The maximum absolute atomic E-state index is 13.2. The number of ether oxygens (including phenoxy) is 1. The lowest BCUT2D eigenvalue weighted by molar-refractivity contribution is -0.137. The van der Waals surface area contributed by atoms with Gasteiger partial charge in [-0.05, 0) is 56.8 Å². The number of piperazine rings is 1. The van der Waals surface area contributed by atoms with E-state index in [4.69, 9.17) is 4.74 Å². The first-order chi connectivity index (χ1) is 17.7. The van der Waals surface area contributed by atoms with E-state index in [9.17, 15) is 4.79 Å². The zero-order chi connectivity index (χ0) is 24.9. The maximum atomic E-state index is 13.2. The molecule has 5 rings (SSSR count). The van der Waals surface area contributed by atoms with Crippen molar-refractivity contribution in [1.82, 2.24) is 30.0 Å². The maximum Gasteiger partial charge on any atom is 0.225 e. The van der Waals surface area contributed by atoms with E-state index < -0.39 is 0 Å². The number of carbonyl (C=O) groups is 1. The van der Waals surface area contributed by atoms with Gasteiger partial charge in [0.15, 0.2) is 5.65 Å². The van der Waals surface area contributed by atoms with Crippen LogP contribution in [0.5, 0.6) is 5.75 Å². The van der Waals surface area contributed by atoms with Crippen molar-refractivity contribution in [3.05, 3.63) is 42.4 Å². The monoisotopic (exact) mass is 491 g/mol. The smallest absolute Gasteiger partial charge is 0.225 e. The van der Waals surface area contributed by atoms with E-state index in [-0.39, 0.29) is 5.92 Å². The minimum atomic E-state index is 0.177. The van der Waals surface area contributed by atoms with Crippen LogP contribution in [0.4, 0.5) is 5.82 Å². The van der Waals surface area contributed by atoms with Gasteiger partial charge in [0, 0.05) is 38.1 Å². The Kier molecular flexibility index (Phi) is 7.65. The molecule has 0 spiro atoms. The van der Waals surface area contributed by atoms with Gasteiger partial charge in [0.1, 0.15) is 17.9 Å². The molecule has 9 heteroatoms. The largest absolute Gasteiger partial charge is 0.494 e. The Morgan fingerprint density at radius 3 is 2.64 bits per heavy atom. The molecule has 2 aliphatic rings. The zero-order valence-electron chi connectivity index (χ0n) is 21.4. The van der Waals surface area contributed by atoms with Crippen LogP contribution < -0.4 is 15.0 Å². The first kappa shape index (κ1) is 24.5. The van der Waals surface area contributed by atoms with Gasteiger partial charge in [-0.2, -0.15) is 5.10 Å². The fraction of sp³-hybridized carbons (Fsp3) is 0.556. The normalized spacial score (nSPS) is 20.6. The molecule has 0 unspecified atom stereocenters. The lowest BCUT2D eigenvalue weighted by atomic mass is 9.85. The van der Waals surface area contributed by atoms with Crippen molar-refractivity contribution in [3.8, 4) is 5.75 Å². The molecule has 2 fully saturated rings. The summed E-state index contributed by atoms with van der Waals surface area (Å²) in [7, 11) is 0. The molecule has 0 atom stereocenters. The summed E-state index contributed by atoms with van der Waals surface area (Å²) >= 11 is 0. The lowest BCUT2D eigenvalue weighted by Gasteiger charge is -2.38. The van der Waals surface area contributed by atoms with Crippen LogP contribution in [0.2, 0.25) is 0 Å². The van der Waals surface area contributed by atoms with Crippen LogP contribution in [0.3, 0.4) is 0 Å². The van der Waals surface area contributed by atoms with Crippen molar-refractivity contribution in [2.75, 3.05) is 44.2 Å². The van der Waals surface area contributed by atoms with Gasteiger partial charge in [-0.1, -0.05) is 19.1 Å². The number of nitrogens with one attached hydrogen (secondary N) is 1. The SMILES string of the molecule is CCNC1CCC(C(=O)N2CCN(c3ncnc4c3cnn4Cc3cccc(OCC)c3)CC2)CC1. The van der Waals surface area contributed by atoms with Crippen molar-refractivity contribution in [2.24, 2.45) is 5.92 Å². The molecular weight excluding hydrogens is 454 g/mol. The van der Waals surface area contributed by atoms with Crippen LogP contribution >= 0.6 is 0 Å². The minimum absolute atomic E-state index is 0.177. The topological polar surface area (TPSA) is 88.4 Å². The Morgan fingerprint density at radius 2 is 1.89 bits per heavy atom. The van der Waals surface area contributed by atoms with Crippen molar-refractivity contribution >= 4 is 22.8 Å². The second-order valence-electron chi connectivity index (χ2n) is 9.74. The number of hydrogen-bond acceptors (Lipinski definition) is 7. The molecule has 3 aromatic rings. The standard InChI is InChI=1S/C27H37N7O2/c1-3-28-22-10-8-21(9-11-22)27(35)33-14-12-32(13-15-33)25-24-17-31-34(26(24)30-19-29-25)18-20-6-5-7-23(16-20)36-4-2/h5-7,16-17,19,21-22,28H,3-4,8-15,18H2,1-2H3. The summed E-state index contributed by atoms with van der Waals surface area (Å²) in [6.45, 7) is 9.39. The fourth-order valence-corrected chi connectivity index (χ4v) is 5.55. The van der Waals surface area contributed by atoms with Gasteiger partial charge in [-0.3, -0.25) is 4.79 Å². The average molecular weight is 492 g/mol. The Balaban J connectivity index is 1.22. The summed E-state index contributed by atoms with van der Waals surface area (Å²) in [5, 5.41) is 9.10. The molecule has 1 amide bonds. The number of anilines is 1. The van der Waals surface area contributed by atoms with E-state index in [0.717, 1.165) is 86.6 Å². The molecule has 0 radical (unpaired) electrons. The number of carbonyl (C=O) groups excluding carboxylic acids is 1. The summed E-state index contributed by atoms with van der Waals surface area (Å²) in [4.78, 5) is 26.6. The van der Waals surface area contributed by atoms with Gasteiger partial charge in [0.2, 0.25) is 5.91 Å². The molecule has 0 bridgehead atoms. The number of rotatable bonds is 8. The van der Waals surface area contributed by atoms with Crippen LogP contribution in [0.15, 0.2) is 36.8 Å². The highest BCUT2D eigenvalue weighted by Gasteiger charge is 2.31. The fourth-order valence-electron chi connectivity index (χ4n) is 5.55. The van der Waals surface area contributed by atoms with Gasteiger partial charge in [-0.15, -0.1) is 0 Å². The third kappa shape index (κ3) is 5.31. The Labute approximate surface area is 212 Å². The minimum Gasteiger partial charge on any atom is -0.494 e. The predicted octanol–water partition coefficient (Wildman–Crippen LogP) is 3.09. The number of hydrogen-bond donors (Lipinski definition) is 1. The zero-order valence-corrected chi connectivity index (χ0v) is 21.4. The summed E-state index contributed by atoms with van der Waals surface area (Å²) in [6.07, 6.45) is 7.67. The molecule has 9 nitrogen and oxygen atoms in total. The van der Waals surface area contributed by atoms with Gasteiger partial charge in [0.25, 0.3) is 0 Å². The van der Waals surface area contributed by atoms with E-state index in [0.29, 0.717) is 25.1 Å². The predicted molar refractivity (Wildman–Crippen MR) is 140 cm³/mol. The summed E-state index contributed by atoms with van der Waals surface area (Å²) in [6, 6.07) is 8.66. The average Bonchev–Trinajstić information content (AvgIpc) is 3.32.